The number of rotatable bonds is 1. The van der Waals surface area contributed by atoms with Crippen molar-refractivity contribution in [2.24, 2.45) is 0 Å². The first kappa shape index (κ1) is 11.2. The number of nitrogens with two attached hydrogens (primary N) is 2. The molecule has 0 saturated heterocycles. The van der Waals surface area contributed by atoms with Crippen molar-refractivity contribution in [3.05, 3.63) is 6.33 Å². The number of aliphatic hydroxyl groups is 2. The molecule has 1 fully saturated rings. The molecule has 2 heterocycles. The zero-order valence-corrected chi connectivity index (χ0v) is 9.56. The zero-order valence-electron chi connectivity index (χ0n) is 9.56. The van der Waals surface area contributed by atoms with Crippen LogP contribution in [-0.2, 0) is 0 Å². The quantitative estimate of drug-likeness (QED) is 0.512. The number of hydrogen-bond acceptors (Lipinski definition) is 7. The highest BCUT2D eigenvalue weighted by Gasteiger charge is 2.33. The maximum atomic E-state index is 9.58. The Balaban J connectivity index is 2.08. The fourth-order valence-electron chi connectivity index (χ4n) is 2.42. The molecule has 0 spiro atoms. The molecule has 1 aliphatic rings. The van der Waals surface area contributed by atoms with Crippen LogP contribution in [0.5, 0.6) is 0 Å². The van der Waals surface area contributed by atoms with E-state index in [2.05, 4.69) is 15.0 Å². The van der Waals surface area contributed by atoms with E-state index < -0.39 is 12.2 Å². The Bertz CT molecular complexity index is 587. The van der Waals surface area contributed by atoms with Gasteiger partial charge in [0.2, 0.25) is 5.95 Å². The van der Waals surface area contributed by atoms with E-state index in [0.29, 0.717) is 24.0 Å². The molecule has 18 heavy (non-hydrogen) atoms. The lowest BCUT2D eigenvalue weighted by Crippen LogP contribution is -2.17. The minimum atomic E-state index is -0.719. The Morgan fingerprint density at radius 3 is 2.50 bits per heavy atom. The van der Waals surface area contributed by atoms with Gasteiger partial charge in [0.1, 0.15) is 5.52 Å². The first-order chi connectivity index (χ1) is 8.56. The van der Waals surface area contributed by atoms with Crippen molar-refractivity contribution in [1.82, 2.24) is 19.5 Å². The van der Waals surface area contributed by atoms with Crippen LogP contribution >= 0.6 is 0 Å². The normalized spacial score (nSPS) is 28.0. The average molecular weight is 250 g/mol. The third-order valence-electron chi connectivity index (χ3n) is 3.33. The van der Waals surface area contributed by atoms with E-state index in [4.69, 9.17) is 11.5 Å². The Morgan fingerprint density at radius 2 is 1.83 bits per heavy atom. The van der Waals surface area contributed by atoms with Crippen molar-refractivity contribution >= 4 is 22.9 Å². The lowest BCUT2D eigenvalue weighted by molar-refractivity contribution is 0.0438. The van der Waals surface area contributed by atoms with Gasteiger partial charge in [-0.05, 0) is 12.8 Å². The minimum absolute atomic E-state index is 0.0614. The van der Waals surface area contributed by atoms with Gasteiger partial charge in [-0.3, -0.25) is 0 Å². The van der Waals surface area contributed by atoms with Crippen LogP contribution < -0.4 is 11.5 Å². The minimum Gasteiger partial charge on any atom is -0.390 e. The van der Waals surface area contributed by atoms with E-state index in [1.165, 1.54) is 0 Å². The Kier molecular flexibility index (Phi) is 2.35. The molecule has 2 atom stereocenters. The number of nitrogen functional groups attached to an aromatic ring is 2. The molecule has 1 aliphatic carbocycles. The number of fused-ring (bicyclic) bond motifs is 1. The maximum absolute atomic E-state index is 9.58. The standard InChI is InChI=1S/C10H14N6O2/c11-8-7-9(15-10(12)14-8)16(3-13-7)4-1-5(17)6(18)2-4/h3-6,17-18H,1-2H2,(H4,11,12,14,15). The number of nitrogens with zero attached hydrogens (tertiary/aromatic N) is 4. The molecular weight excluding hydrogens is 236 g/mol. The van der Waals surface area contributed by atoms with Crippen LogP contribution in [0.3, 0.4) is 0 Å². The van der Waals surface area contributed by atoms with Crippen molar-refractivity contribution < 1.29 is 10.2 Å². The molecule has 8 nitrogen and oxygen atoms in total. The average Bonchev–Trinajstić information content (AvgIpc) is 2.83. The molecule has 0 aliphatic heterocycles. The molecule has 0 bridgehead atoms. The van der Waals surface area contributed by atoms with Crippen molar-refractivity contribution in [1.29, 1.82) is 0 Å². The number of hydrogen-bond donors (Lipinski definition) is 4. The molecule has 0 amide bonds. The monoisotopic (exact) mass is 250 g/mol. The van der Waals surface area contributed by atoms with Crippen LogP contribution in [0.25, 0.3) is 11.2 Å². The SMILES string of the molecule is Nc1nc(N)c2ncn(C3CC(O)C(O)C3)c2n1. The van der Waals surface area contributed by atoms with Gasteiger partial charge in [-0.15, -0.1) is 0 Å². The van der Waals surface area contributed by atoms with E-state index in [1.54, 1.807) is 10.9 Å². The first-order valence-corrected chi connectivity index (χ1v) is 5.68. The highest BCUT2D eigenvalue weighted by atomic mass is 16.3. The Hall–Kier alpha value is -1.93. The molecule has 2 unspecified atom stereocenters. The summed E-state index contributed by atoms with van der Waals surface area (Å²) in [6.07, 6.45) is 1.06. The number of anilines is 2. The predicted octanol–water partition coefficient (Wildman–Crippen LogP) is -0.953. The molecular formula is C10H14N6O2. The second-order valence-corrected chi connectivity index (χ2v) is 4.55. The van der Waals surface area contributed by atoms with Crippen molar-refractivity contribution in [3.63, 3.8) is 0 Å². The zero-order chi connectivity index (χ0) is 12.9. The van der Waals surface area contributed by atoms with Gasteiger partial charge in [0.05, 0.1) is 18.5 Å². The fourth-order valence-corrected chi connectivity index (χ4v) is 2.42. The van der Waals surface area contributed by atoms with E-state index in [9.17, 15) is 10.2 Å². The van der Waals surface area contributed by atoms with E-state index in [0.717, 1.165) is 0 Å². The topological polar surface area (TPSA) is 136 Å². The highest BCUT2D eigenvalue weighted by Crippen LogP contribution is 2.32. The van der Waals surface area contributed by atoms with Crippen LogP contribution in [0.15, 0.2) is 6.33 Å². The first-order valence-electron chi connectivity index (χ1n) is 5.68. The third-order valence-corrected chi connectivity index (χ3v) is 3.33. The maximum Gasteiger partial charge on any atom is 0.224 e. The van der Waals surface area contributed by atoms with Gasteiger partial charge in [-0.1, -0.05) is 0 Å². The number of imidazole rings is 1. The summed E-state index contributed by atoms with van der Waals surface area (Å²) in [4.78, 5) is 12.1. The van der Waals surface area contributed by atoms with Gasteiger partial charge in [0.25, 0.3) is 0 Å². The summed E-state index contributed by atoms with van der Waals surface area (Å²) < 4.78 is 1.78. The molecule has 3 rings (SSSR count). The van der Waals surface area contributed by atoms with Gasteiger partial charge in [-0.2, -0.15) is 9.97 Å². The van der Waals surface area contributed by atoms with Gasteiger partial charge >= 0.3 is 0 Å². The summed E-state index contributed by atoms with van der Waals surface area (Å²) in [7, 11) is 0. The van der Waals surface area contributed by atoms with Crippen LogP contribution in [0.2, 0.25) is 0 Å². The molecule has 0 radical (unpaired) electrons. The summed E-state index contributed by atoms with van der Waals surface area (Å²) in [6, 6.07) is -0.0614. The summed E-state index contributed by atoms with van der Waals surface area (Å²) in [5.41, 5.74) is 12.3. The Morgan fingerprint density at radius 1 is 1.17 bits per heavy atom. The number of aromatic nitrogens is 4. The highest BCUT2D eigenvalue weighted by molar-refractivity contribution is 5.82. The molecule has 1 saturated carbocycles. The van der Waals surface area contributed by atoms with Gasteiger partial charge in [0.15, 0.2) is 11.5 Å². The summed E-state index contributed by atoms with van der Waals surface area (Å²) in [5.74, 6) is 0.316. The van der Waals surface area contributed by atoms with Crippen molar-refractivity contribution in [3.8, 4) is 0 Å². The third kappa shape index (κ3) is 1.57. The van der Waals surface area contributed by atoms with Gasteiger partial charge < -0.3 is 26.2 Å². The Labute approximate surface area is 102 Å². The molecule has 2 aromatic heterocycles. The van der Waals surface area contributed by atoms with Gasteiger partial charge in [-0.25, -0.2) is 4.98 Å². The second-order valence-electron chi connectivity index (χ2n) is 4.55. The molecule has 6 N–H and O–H groups in total. The lowest BCUT2D eigenvalue weighted by Gasteiger charge is -2.11. The summed E-state index contributed by atoms with van der Waals surface area (Å²) in [6.45, 7) is 0. The predicted molar refractivity (Wildman–Crippen MR) is 64.4 cm³/mol. The van der Waals surface area contributed by atoms with E-state index >= 15 is 0 Å². The van der Waals surface area contributed by atoms with Crippen LogP contribution in [0.1, 0.15) is 18.9 Å². The smallest absolute Gasteiger partial charge is 0.224 e. The van der Waals surface area contributed by atoms with E-state index in [1.807, 2.05) is 0 Å². The van der Waals surface area contributed by atoms with Crippen molar-refractivity contribution in [2.45, 2.75) is 31.1 Å². The largest absolute Gasteiger partial charge is 0.390 e. The fraction of sp³-hybridized carbons (Fsp3) is 0.500. The molecule has 8 heteroatoms. The summed E-state index contributed by atoms with van der Waals surface area (Å²) in [5, 5.41) is 19.2. The molecule has 0 aromatic carbocycles. The molecule has 2 aromatic rings. The van der Waals surface area contributed by atoms with Gasteiger partial charge in [0, 0.05) is 6.04 Å². The van der Waals surface area contributed by atoms with Crippen LogP contribution in [-0.4, -0.2) is 41.9 Å². The summed E-state index contributed by atoms with van der Waals surface area (Å²) >= 11 is 0. The second kappa shape index (κ2) is 3.79. The van der Waals surface area contributed by atoms with E-state index in [-0.39, 0.29) is 17.8 Å². The van der Waals surface area contributed by atoms with Crippen molar-refractivity contribution in [2.75, 3.05) is 11.5 Å². The lowest BCUT2D eigenvalue weighted by atomic mass is 10.2. The van der Waals surface area contributed by atoms with Crippen LogP contribution in [0, 0.1) is 0 Å². The number of aliphatic hydroxyl groups excluding tert-OH is 2. The molecule has 96 valence electrons. The van der Waals surface area contributed by atoms with Crippen LogP contribution in [0.4, 0.5) is 11.8 Å².